The topological polar surface area (TPSA) is 51.2 Å². The number of hydrogen-bond acceptors (Lipinski definition) is 5. The van der Waals surface area contributed by atoms with Crippen LogP contribution < -0.4 is 4.74 Å². The number of nitrogens with zero attached hydrogens (tertiary/aromatic N) is 1. The Morgan fingerprint density at radius 2 is 2.19 bits per heavy atom. The Hall–Kier alpha value is -1.14. The van der Waals surface area contributed by atoms with Crippen molar-refractivity contribution >= 4 is 0 Å². The Bertz CT molecular complexity index is 473. The van der Waals surface area contributed by atoms with Gasteiger partial charge in [-0.15, -0.1) is 0 Å². The fourth-order valence-electron chi connectivity index (χ4n) is 3.16. The van der Waals surface area contributed by atoms with Gasteiger partial charge in [-0.1, -0.05) is 12.1 Å². The first-order chi connectivity index (χ1) is 10.2. The van der Waals surface area contributed by atoms with Crippen LogP contribution in [0.4, 0.5) is 0 Å². The Labute approximate surface area is 125 Å². The van der Waals surface area contributed by atoms with Crippen molar-refractivity contribution in [2.75, 3.05) is 40.0 Å². The van der Waals surface area contributed by atoms with E-state index in [0.717, 1.165) is 37.2 Å². The van der Waals surface area contributed by atoms with E-state index in [9.17, 15) is 5.11 Å². The van der Waals surface area contributed by atoms with Crippen LogP contribution in [0.25, 0.3) is 0 Å². The molecule has 2 aliphatic heterocycles. The van der Waals surface area contributed by atoms with E-state index in [4.69, 9.17) is 14.2 Å². The van der Waals surface area contributed by atoms with Gasteiger partial charge in [-0.25, -0.2) is 0 Å². The summed E-state index contributed by atoms with van der Waals surface area (Å²) >= 11 is 0. The number of ether oxygens (including phenoxy) is 3. The molecule has 2 fully saturated rings. The zero-order valence-corrected chi connectivity index (χ0v) is 12.5. The van der Waals surface area contributed by atoms with Crippen LogP contribution in [0, 0.1) is 0 Å². The average molecular weight is 293 g/mol. The number of methoxy groups -OCH3 is 1. The minimum absolute atomic E-state index is 0.438. The van der Waals surface area contributed by atoms with Crippen molar-refractivity contribution in [3.63, 3.8) is 0 Å². The highest BCUT2D eigenvalue weighted by Gasteiger charge is 2.40. The van der Waals surface area contributed by atoms with Crippen molar-refractivity contribution in [1.82, 2.24) is 4.90 Å². The number of aliphatic hydroxyl groups is 1. The third-order valence-corrected chi connectivity index (χ3v) is 4.22. The molecule has 2 saturated heterocycles. The highest BCUT2D eigenvalue weighted by atomic mass is 16.7. The first-order valence-corrected chi connectivity index (χ1v) is 7.53. The predicted molar refractivity (Wildman–Crippen MR) is 78.3 cm³/mol. The molecule has 5 nitrogen and oxygen atoms in total. The molecule has 0 bridgehead atoms. The van der Waals surface area contributed by atoms with Gasteiger partial charge in [-0.05, 0) is 30.7 Å². The second-order valence-corrected chi connectivity index (χ2v) is 5.74. The minimum Gasteiger partial charge on any atom is -0.497 e. The Morgan fingerprint density at radius 1 is 1.38 bits per heavy atom. The first-order valence-electron chi connectivity index (χ1n) is 7.53. The fourth-order valence-corrected chi connectivity index (χ4v) is 3.16. The molecule has 1 aromatic carbocycles. The van der Waals surface area contributed by atoms with Gasteiger partial charge in [-0.2, -0.15) is 0 Å². The molecular formula is C16H23NO4. The predicted octanol–water partition coefficient (Wildman–Crippen LogP) is 1.57. The van der Waals surface area contributed by atoms with E-state index in [2.05, 4.69) is 4.90 Å². The molecule has 21 heavy (non-hydrogen) atoms. The van der Waals surface area contributed by atoms with Gasteiger partial charge in [0.15, 0.2) is 5.79 Å². The van der Waals surface area contributed by atoms with Crippen molar-refractivity contribution in [1.29, 1.82) is 0 Å². The zero-order chi connectivity index (χ0) is 14.7. The number of aliphatic hydroxyl groups excluding tert-OH is 1. The van der Waals surface area contributed by atoms with Gasteiger partial charge in [-0.3, -0.25) is 4.90 Å². The first kappa shape index (κ1) is 14.8. The molecule has 1 unspecified atom stereocenters. The lowest BCUT2D eigenvalue weighted by Gasteiger charge is -2.39. The number of rotatable bonds is 4. The Kier molecular flexibility index (Phi) is 4.45. The lowest BCUT2D eigenvalue weighted by molar-refractivity contribution is -0.191. The lowest BCUT2D eigenvalue weighted by atomic mass is 10.0. The fraction of sp³-hybridized carbons (Fsp3) is 0.625. The van der Waals surface area contributed by atoms with Gasteiger partial charge in [0.25, 0.3) is 0 Å². The summed E-state index contributed by atoms with van der Waals surface area (Å²) in [6.07, 6.45) is 1.44. The van der Waals surface area contributed by atoms with E-state index < -0.39 is 11.9 Å². The van der Waals surface area contributed by atoms with Crippen LogP contribution >= 0.6 is 0 Å². The van der Waals surface area contributed by atoms with Gasteiger partial charge in [0.1, 0.15) is 5.75 Å². The second kappa shape index (κ2) is 6.32. The van der Waals surface area contributed by atoms with E-state index in [1.807, 2.05) is 24.3 Å². The summed E-state index contributed by atoms with van der Waals surface area (Å²) < 4.78 is 16.7. The van der Waals surface area contributed by atoms with Gasteiger partial charge in [0.2, 0.25) is 0 Å². The molecule has 0 amide bonds. The molecule has 116 valence electrons. The van der Waals surface area contributed by atoms with Crippen molar-refractivity contribution in [2.24, 2.45) is 0 Å². The van der Waals surface area contributed by atoms with Crippen LogP contribution in [0.15, 0.2) is 24.3 Å². The van der Waals surface area contributed by atoms with Crippen LogP contribution in [-0.2, 0) is 9.47 Å². The summed E-state index contributed by atoms with van der Waals surface area (Å²) in [5.41, 5.74) is 0.877. The molecule has 0 aliphatic carbocycles. The summed E-state index contributed by atoms with van der Waals surface area (Å²) in [5, 5.41) is 10.4. The third-order valence-electron chi connectivity index (χ3n) is 4.22. The summed E-state index contributed by atoms with van der Waals surface area (Å²) in [6, 6.07) is 7.59. The maximum atomic E-state index is 10.4. The summed E-state index contributed by atoms with van der Waals surface area (Å²) in [4.78, 5) is 2.22. The number of β-amino-alcohol motifs (C(OH)–C–C–N with tert-alkyl or cyclic N) is 1. The Balaban J connectivity index is 1.62. The molecule has 5 heteroatoms. The molecule has 0 radical (unpaired) electrons. The summed E-state index contributed by atoms with van der Waals surface area (Å²) in [5.74, 6) is 0.330. The van der Waals surface area contributed by atoms with Crippen LogP contribution in [0.3, 0.4) is 0 Å². The highest BCUT2D eigenvalue weighted by molar-refractivity contribution is 5.29. The van der Waals surface area contributed by atoms with Crippen LogP contribution in [-0.4, -0.2) is 55.8 Å². The van der Waals surface area contributed by atoms with Crippen molar-refractivity contribution < 1.29 is 19.3 Å². The molecule has 2 aliphatic rings. The zero-order valence-electron chi connectivity index (χ0n) is 12.5. The smallest absolute Gasteiger partial charge is 0.181 e. The average Bonchev–Trinajstić information content (AvgIpc) is 2.95. The number of likely N-dealkylation sites (tertiary alicyclic amines) is 1. The molecule has 0 aromatic heterocycles. The maximum Gasteiger partial charge on any atom is 0.181 e. The van der Waals surface area contributed by atoms with E-state index in [1.165, 1.54) is 0 Å². The SMILES string of the molecule is COc1cccc(C(O)CN2CCCC3(C2)OCCO3)c1. The number of hydrogen-bond donors (Lipinski definition) is 1. The van der Waals surface area contributed by atoms with Gasteiger partial charge >= 0.3 is 0 Å². The highest BCUT2D eigenvalue weighted by Crippen LogP contribution is 2.31. The number of piperidine rings is 1. The van der Waals surface area contributed by atoms with Gasteiger partial charge in [0, 0.05) is 13.0 Å². The summed E-state index contributed by atoms with van der Waals surface area (Å²) in [7, 11) is 1.63. The molecular weight excluding hydrogens is 270 g/mol. The molecule has 1 atom stereocenters. The number of benzene rings is 1. The van der Waals surface area contributed by atoms with Crippen molar-refractivity contribution in [3.05, 3.63) is 29.8 Å². The molecule has 3 rings (SSSR count). The molecule has 1 spiro atoms. The van der Waals surface area contributed by atoms with Gasteiger partial charge < -0.3 is 19.3 Å². The Morgan fingerprint density at radius 3 is 2.95 bits per heavy atom. The van der Waals surface area contributed by atoms with Crippen LogP contribution in [0.5, 0.6) is 5.75 Å². The normalized spacial score (nSPS) is 23.3. The lowest BCUT2D eigenvalue weighted by Crippen LogP contribution is -2.49. The van der Waals surface area contributed by atoms with Crippen molar-refractivity contribution in [3.8, 4) is 5.75 Å². The molecule has 0 saturated carbocycles. The second-order valence-electron chi connectivity index (χ2n) is 5.74. The van der Waals surface area contributed by atoms with Gasteiger partial charge in [0.05, 0.1) is 33.0 Å². The van der Waals surface area contributed by atoms with Crippen molar-refractivity contribution in [2.45, 2.75) is 24.7 Å². The van der Waals surface area contributed by atoms with E-state index in [-0.39, 0.29) is 0 Å². The van der Waals surface area contributed by atoms with E-state index >= 15 is 0 Å². The van der Waals surface area contributed by atoms with E-state index in [0.29, 0.717) is 19.8 Å². The maximum absolute atomic E-state index is 10.4. The third kappa shape index (κ3) is 3.37. The molecule has 1 N–H and O–H groups in total. The quantitative estimate of drug-likeness (QED) is 0.913. The van der Waals surface area contributed by atoms with E-state index in [1.54, 1.807) is 7.11 Å². The largest absolute Gasteiger partial charge is 0.497 e. The molecule has 2 heterocycles. The monoisotopic (exact) mass is 293 g/mol. The summed E-state index contributed by atoms with van der Waals surface area (Å²) in [6.45, 7) is 3.63. The van der Waals surface area contributed by atoms with Crippen LogP contribution in [0.1, 0.15) is 24.5 Å². The standard InChI is InChI=1S/C16H23NO4/c1-19-14-5-2-4-13(10-14)15(18)11-17-7-3-6-16(12-17)20-8-9-21-16/h2,4-5,10,15,18H,3,6-9,11-12H2,1H3. The molecule has 1 aromatic rings. The minimum atomic E-state index is -0.531. The van der Waals surface area contributed by atoms with Crippen LogP contribution in [0.2, 0.25) is 0 Å².